The van der Waals surface area contributed by atoms with Gasteiger partial charge in [0.25, 0.3) is 0 Å². The molecular weight excluding hydrogens is 356 g/mol. The Morgan fingerprint density at radius 1 is 1.14 bits per heavy atom. The fraction of sp³-hybridized carbons (Fsp3) is 0.727. The summed E-state index contributed by atoms with van der Waals surface area (Å²) in [6, 6.07) is 6.05. The lowest BCUT2D eigenvalue weighted by molar-refractivity contribution is 0.00428. The average molecular weight is 393 g/mol. The monoisotopic (exact) mass is 392 g/mol. The summed E-state index contributed by atoms with van der Waals surface area (Å²) in [5.74, 6) is 2.37. The summed E-state index contributed by atoms with van der Waals surface area (Å²) in [7, 11) is 1.67. The molecule has 0 radical (unpaired) electrons. The Hall–Kier alpha value is -1.34. The van der Waals surface area contributed by atoms with Gasteiger partial charge in [-0.1, -0.05) is 25.5 Å². The van der Waals surface area contributed by atoms with Gasteiger partial charge in [-0.2, -0.15) is 0 Å². The zero-order valence-corrected chi connectivity index (χ0v) is 17.4. The fourth-order valence-corrected chi connectivity index (χ4v) is 4.12. The second-order valence-electron chi connectivity index (χ2n) is 7.95. The molecule has 2 fully saturated rings. The lowest BCUT2D eigenvalue weighted by Crippen LogP contribution is -2.42. The molecule has 0 aliphatic carbocycles. The Balaban J connectivity index is 1.57. The van der Waals surface area contributed by atoms with Gasteiger partial charge < -0.3 is 19.3 Å². The van der Waals surface area contributed by atoms with Gasteiger partial charge in [0.15, 0.2) is 11.5 Å². The number of likely N-dealkylation sites (tertiary alicyclic amines) is 1. The van der Waals surface area contributed by atoms with Crippen molar-refractivity contribution in [3.05, 3.63) is 23.8 Å². The van der Waals surface area contributed by atoms with Crippen LogP contribution in [-0.4, -0.2) is 80.7 Å². The fourth-order valence-electron chi connectivity index (χ4n) is 4.12. The van der Waals surface area contributed by atoms with Gasteiger partial charge in [-0.25, -0.2) is 0 Å². The topological polar surface area (TPSA) is 54.4 Å². The van der Waals surface area contributed by atoms with Gasteiger partial charge >= 0.3 is 0 Å². The van der Waals surface area contributed by atoms with Crippen LogP contribution in [0, 0.1) is 5.92 Å². The Bertz CT molecular complexity index is 584. The summed E-state index contributed by atoms with van der Waals surface area (Å²) >= 11 is 0. The van der Waals surface area contributed by atoms with E-state index in [-0.39, 0.29) is 6.61 Å². The molecule has 2 heterocycles. The van der Waals surface area contributed by atoms with Crippen LogP contribution in [0.4, 0.5) is 0 Å². The molecule has 0 unspecified atom stereocenters. The molecule has 2 saturated heterocycles. The van der Waals surface area contributed by atoms with E-state index in [1.165, 1.54) is 19.3 Å². The van der Waals surface area contributed by atoms with E-state index < -0.39 is 6.10 Å². The summed E-state index contributed by atoms with van der Waals surface area (Å²) in [6.07, 6.45) is 3.29. The molecular formula is C22H36N2O4. The quantitative estimate of drug-likeness (QED) is 0.696. The second-order valence-corrected chi connectivity index (χ2v) is 7.95. The van der Waals surface area contributed by atoms with Crippen molar-refractivity contribution in [1.29, 1.82) is 0 Å². The highest BCUT2D eigenvalue weighted by Crippen LogP contribution is 2.33. The van der Waals surface area contributed by atoms with E-state index in [1.807, 2.05) is 12.1 Å². The van der Waals surface area contributed by atoms with Crippen LogP contribution in [-0.2, 0) is 11.3 Å². The minimum absolute atomic E-state index is 0.267. The van der Waals surface area contributed by atoms with Crippen LogP contribution in [0.15, 0.2) is 18.2 Å². The van der Waals surface area contributed by atoms with Crippen molar-refractivity contribution in [2.45, 2.75) is 38.8 Å². The van der Waals surface area contributed by atoms with Gasteiger partial charge in [0, 0.05) is 31.7 Å². The molecule has 158 valence electrons. The number of aliphatic hydroxyl groups is 1. The van der Waals surface area contributed by atoms with Crippen molar-refractivity contribution in [1.82, 2.24) is 9.80 Å². The lowest BCUT2D eigenvalue weighted by atomic mass is 9.94. The molecule has 1 aromatic rings. The zero-order chi connectivity index (χ0) is 19.8. The van der Waals surface area contributed by atoms with Crippen LogP contribution in [0.25, 0.3) is 0 Å². The molecule has 1 N–H and O–H groups in total. The number of piperidine rings is 1. The third kappa shape index (κ3) is 6.08. The van der Waals surface area contributed by atoms with Gasteiger partial charge in [-0.15, -0.1) is 0 Å². The summed E-state index contributed by atoms with van der Waals surface area (Å²) in [5.41, 5.74) is 1.13. The van der Waals surface area contributed by atoms with Crippen molar-refractivity contribution in [3.63, 3.8) is 0 Å². The molecule has 0 aromatic heterocycles. The number of hydrogen-bond acceptors (Lipinski definition) is 6. The van der Waals surface area contributed by atoms with Crippen LogP contribution < -0.4 is 9.47 Å². The van der Waals surface area contributed by atoms with Crippen LogP contribution >= 0.6 is 0 Å². The Morgan fingerprint density at radius 2 is 1.89 bits per heavy atom. The Kier molecular flexibility index (Phi) is 8.40. The summed E-state index contributed by atoms with van der Waals surface area (Å²) in [5, 5.41) is 10.4. The average Bonchev–Trinajstić information content (AvgIpc) is 2.74. The summed E-state index contributed by atoms with van der Waals surface area (Å²) in [6.45, 7) is 9.50. The third-order valence-electron chi connectivity index (χ3n) is 5.95. The second kappa shape index (κ2) is 11.0. The summed E-state index contributed by atoms with van der Waals surface area (Å²) < 4.78 is 17.0. The van der Waals surface area contributed by atoms with Gasteiger partial charge in [0.1, 0.15) is 12.7 Å². The van der Waals surface area contributed by atoms with E-state index in [4.69, 9.17) is 14.2 Å². The van der Waals surface area contributed by atoms with Crippen LogP contribution in [0.2, 0.25) is 0 Å². The maximum atomic E-state index is 10.4. The summed E-state index contributed by atoms with van der Waals surface area (Å²) in [4.78, 5) is 4.72. The molecule has 6 heteroatoms. The van der Waals surface area contributed by atoms with E-state index in [0.29, 0.717) is 6.54 Å². The highest BCUT2D eigenvalue weighted by molar-refractivity contribution is 5.46. The number of nitrogens with zero attached hydrogens (tertiary/aromatic N) is 2. The first-order valence-electron chi connectivity index (χ1n) is 10.7. The van der Waals surface area contributed by atoms with E-state index >= 15 is 0 Å². The number of hydrogen-bond donors (Lipinski definition) is 1. The van der Waals surface area contributed by atoms with Crippen molar-refractivity contribution in [3.8, 4) is 11.5 Å². The van der Waals surface area contributed by atoms with E-state index in [9.17, 15) is 5.11 Å². The number of aliphatic hydroxyl groups excluding tert-OH is 1. The molecule has 0 amide bonds. The number of β-amino-alcohol motifs (C(OH)–C–C–N with tert-alkyl or cyclic N) is 1. The first-order valence-corrected chi connectivity index (χ1v) is 10.7. The van der Waals surface area contributed by atoms with Crippen molar-refractivity contribution < 1.29 is 19.3 Å². The van der Waals surface area contributed by atoms with Crippen LogP contribution in [0.5, 0.6) is 11.5 Å². The minimum Gasteiger partial charge on any atom is -0.493 e. The standard InChI is InChI=1S/C22H36N2O4/c1-3-18-7-9-23(10-8-18)15-19-5-4-6-21(26-2)22(19)28-17-20(25)16-24-11-13-27-14-12-24/h4-6,18,20,25H,3,7-17H2,1-2H3/t20-/m0/s1. The molecule has 1 aromatic carbocycles. The first kappa shape index (κ1) is 21.4. The highest BCUT2D eigenvalue weighted by Gasteiger charge is 2.21. The van der Waals surface area contributed by atoms with Gasteiger partial charge in [-0.3, -0.25) is 9.80 Å². The molecule has 2 aliphatic heterocycles. The van der Waals surface area contributed by atoms with E-state index in [0.717, 1.165) is 68.9 Å². The highest BCUT2D eigenvalue weighted by atomic mass is 16.5. The zero-order valence-electron chi connectivity index (χ0n) is 17.4. The number of methoxy groups -OCH3 is 1. The molecule has 28 heavy (non-hydrogen) atoms. The lowest BCUT2D eigenvalue weighted by Gasteiger charge is -2.32. The Labute approximate surface area is 169 Å². The first-order chi connectivity index (χ1) is 13.7. The van der Waals surface area contributed by atoms with Crippen LogP contribution in [0.3, 0.4) is 0 Å². The number of rotatable bonds is 9. The van der Waals surface area contributed by atoms with Crippen LogP contribution in [0.1, 0.15) is 31.7 Å². The molecule has 3 rings (SSSR count). The minimum atomic E-state index is -0.531. The molecule has 6 nitrogen and oxygen atoms in total. The number of benzene rings is 1. The van der Waals surface area contributed by atoms with Crippen molar-refractivity contribution in [2.75, 3.05) is 59.7 Å². The maximum absolute atomic E-state index is 10.4. The largest absolute Gasteiger partial charge is 0.493 e. The molecule has 0 saturated carbocycles. The van der Waals surface area contributed by atoms with Gasteiger partial charge in [0.05, 0.1) is 20.3 Å². The molecule has 2 aliphatic rings. The van der Waals surface area contributed by atoms with E-state index in [1.54, 1.807) is 7.11 Å². The molecule has 0 bridgehead atoms. The van der Waals surface area contributed by atoms with E-state index in [2.05, 4.69) is 22.8 Å². The molecule has 0 spiro atoms. The molecule has 1 atom stereocenters. The normalized spacial score (nSPS) is 20.8. The predicted octanol–water partition coefficient (Wildman–Crippen LogP) is 2.39. The Morgan fingerprint density at radius 3 is 2.57 bits per heavy atom. The number of morpholine rings is 1. The van der Waals surface area contributed by atoms with Gasteiger partial charge in [-0.05, 0) is 37.9 Å². The maximum Gasteiger partial charge on any atom is 0.165 e. The smallest absolute Gasteiger partial charge is 0.165 e. The van der Waals surface area contributed by atoms with Crippen molar-refractivity contribution in [2.24, 2.45) is 5.92 Å². The third-order valence-corrected chi connectivity index (χ3v) is 5.95. The van der Waals surface area contributed by atoms with Crippen molar-refractivity contribution >= 4 is 0 Å². The number of ether oxygens (including phenoxy) is 3. The number of para-hydroxylation sites is 1. The predicted molar refractivity (Wildman–Crippen MR) is 110 cm³/mol. The van der Waals surface area contributed by atoms with Gasteiger partial charge in [0.2, 0.25) is 0 Å². The SMILES string of the molecule is CCC1CCN(Cc2cccc(OC)c2OC[C@@H](O)CN2CCOCC2)CC1.